The van der Waals surface area contributed by atoms with E-state index < -0.39 is 0 Å². The van der Waals surface area contributed by atoms with Crippen molar-refractivity contribution < 1.29 is 14.6 Å². The molecule has 1 amide bonds. The van der Waals surface area contributed by atoms with Gasteiger partial charge in [-0.2, -0.15) is 0 Å². The number of phenols is 1. The van der Waals surface area contributed by atoms with E-state index in [2.05, 4.69) is 21.2 Å². The molecule has 0 unspecified atom stereocenters. The van der Waals surface area contributed by atoms with Crippen LogP contribution >= 0.6 is 27.3 Å². The van der Waals surface area contributed by atoms with Crippen LogP contribution in [0.2, 0.25) is 0 Å². The Labute approximate surface area is 123 Å². The molecule has 0 fully saturated rings. The Morgan fingerprint density at radius 2 is 2.26 bits per heavy atom. The number of hydrogen-bond donors (Lipinski definition) is 2. The lowest BCUT2D eigenvalue weighted by Gasteiger charge is -2.08. The quantitative estimate of drug-likeness (QED) is 0.897. The highest BCUT2D eigenvalue weighted by Gasteiger charge is 2.13. The van der Waals surface area contributed by atoms with Crippen LogP contribution in [0.3, 0.4) is 0 Å². The molecule has 1 aromatic carbocycles. The lowest BCUT2D eigenvalue weighted by atomic mass is 10.1. The van der Waals surface area contributed by atoms with Gasteiger partial charge in [0.2, 0.25) is 0 Å². The van der Waals surface area contributed by atoms with Gasteiger partial charge in [0.25, 0.3) is 5.91 Å². The summed E-state index contributed by atoms with van der Waals surface area (Å²) in [4.78, 5) is 13.0. The highest BCUT2D eigenvalue weighted by molar-refractivity contribution is 9.10. The molecule has 0 atom stereocenters. The van der Waals surface area contributed by atoms with Crippen LogP contribution in [0.5, 0.6) is 11.5 Å². The van der Waals surface area contributed by atoms with E-state index in [0.29, 0.717) is 12.3 Å². The van der Waals surface area contributed by atoms with E-state index in [1.54, 1.807) is 17.4 Å². The van der Waals surface area contributed by atoms with Gasteiger partial charge in [0.1, 0.15) is 11.5 Å². The van der Waals surface area contributed by atoms with Crippen molar-refractivity contribution in [2.24, 2.45) is 0 Å². The van der Waals surface area contributed by atoms with Gasteiger partial charge in [-0.05, 0) is 45.6 Å². The Hall–Kier alpha value is -1.53. The highest BCUT2D eigenvalue weighted by atomic mass is 79.9. The van der Waals surface area contributed by atoms with Gasteiger partial charge in [-0.15, -0.1) is 11.3 Å². The van der Waals surface area contributed by atoms with Crippen LogP contribution in [0.15, 0.2) is 34.1 Å². The number of halogens is 1. The fourth-order valence-corrected chi connectivity index (χ4v) is 2.96. The first-order valence-electron chi connectivity index (χ1n) is 5.49. The summed E-state index contributed by atoms with van der Waals surface area (Å²) in [5, 5.41) is 14.4. The van der Waals surface area contributed by atoms with Crippen molar-refractivity contribution in [1.29, 1.82) is 0 Å². The summed E-state index contributed by atoms with van der Waals surface area (Å²) in [6.07, 6.45) is 0. The van der Waals surface area contributed by atoms with Crippen molar-refractivity contribution in [3.8, 4) is 11.5 Å². The third kappa shape index (κ3) is 3.27. The van der Waals surface area contributed by atoms with Gasteiger partial charge in [-0.3, -0.25) is 4.79 Å². The number of methoxy groups -OCH3 is 1. The molecule has 0 spiro atoms. The molecule has 4 nitrogen and oxygen atoms in total. The van der Waals surface area contributed by atoms with Crippen LogP contribution in [0.25, 0.3) is 0 Å². The normalized spacial score (nSPS) is 10.2. The number of carbonyl (C=O) groups excluding carboxylic acids is 1. The third-order valence-electron chi connectivity index (χ3n) is 2.55. The van der Waals surface area contributed by atoms with Crippen LogP contribution in [-0.4, -0.2) is 18.1 Å². The molecular formula is C13H12BrNO3S. The molecule has 100 valence electrons. The molecule has 0 radical (unpaired) electrons. The molecule has 2 aromatic rings. The second-order valence-corrected chi connectivity index (χ2v) is 5.61. The van der Waals surface area contributed by atoms with E-state index in [9.17, 15) is 9.90 Å². The summed E-state index contributed by atoms with van der Waals surface area (Å²) in [6.45, 7) is 0.410. The Bertz CT molecular complexity index is 597. The van der Waals surface area contributed by atoms with Gasteiger partial charge in [0, 0.05) is 9.35 Å². The molecule has 0 bridgehead atoms. The first-order chi connectivity index (χ1) is 9.11. The lowest BCUT2D eigenvalue weighted by Crippen LogP contribution is -2.22. The minimum absolute atomic E-state index is 0.0662. The van der Waals surface area contributed by atoms with E-state index in [1.165, 1.54) is 19.2 Å². The van der Waals surface area contributed by atoms with Crippen molar-refractivity contribution in [3.05, 3.63) is 44.6 Å². The Kier molecular flexibility index (Phi) is 4.44. The van der Waals surface area contributed by atoms with Gasteiger partial charge >= 0.3 is 0 Å². The third-order valence-corrected chi connectivity index (χ3v) is 4.48. The summed E-state index contributed by atoms with van der Waals surface area (Å²) >= 11 is 4.95. The molecule has 1 heterocycles. The van der Waals surface area contributed by atoms with E-state index in [0.717, 1.165) is 9.35 Å². The number of carbonyl (C=O) groups is 1. The molecule has 0 saturated heterocycles. The number of hydrogen-bond acceptors (Lipinski definition) is 4. The molecular weight excluding hydrogens is 330 g/mol. The van der Waals surface area contributed by atoms with Crippen molar-refractivity contribution in [3.63, 3.8) is 0 Å². The molecule has 2 rings (SSSR count). The lowest BCUT2D eigenvalue weighted by molar-refractivity contribution is 0.0948. The van der Waals surface area contributed by atoms with Crippen molar-refractivity contribution in [2.45, 2.75) is 6.54 Å². The average Bonchev–Trinajstić information content (AvgIpc) is 2.82. The highest BCUT2D eigenvalue weighted by Crippen LogP contribution is 2.24. The summed E-state index contributed by atoms with van der Waals surface area (Å²) < 4.78 is 6.00. The van der Waals surface area contributed by atoms with Crippen LogP contribution in [0, 0.1) is 0 Å². The molecule has 19 heavy (non-hydrogen) atoms. The molecule has 2 N–H and O–H groups in total. The first-order valence-corrected chi connectivity index (χ1v) is 7.16. The molecule has 0 aliphatic carbocycles. The number of benzene rings is 1. The second-order valence-electron chi connectivity index (χ2n) is 3.76. The van der Waals surface area contributed by atoms with Crippen LogP contribution in [0.4, 0.5) is 0 Å². The molecule has 0 saturated carbocycles. The number of ether oxygens (including phenoxy) is 1. The molecule has 0 aliphatic rings. The zero-order valence-electron chi connectivity index (χ0n) is 10.1. The Morgan fingerprint density at radius 3 is 2.89 bits per heavy atom. The summed E-state index contributed by atoms with van der Waals surface area (Å²) in [7, 11) is 1.51. The van der Waals surface area contributed by atoms with Crippen LogP contribution < -0.4 is 10.1 Å². The van der Waals surface area contributed by atoms with Crippen molar-refractivity contribution >= 4 is 33.2 Å². The maximum absolute atomic E-state index is 12.0. The zero-order valence-corrected chi connectivity index (χ0v) is 12.5. The van der Waals surface area contributed by atoms with Crippen LogP contribution in [-0.2, 0) is 6.54 Å². The SMILES string of the molecule is COc1ccc(O)c(C(=O)NCc2sccc2Br)c1. The fourth-order valence-electron chi connectivity index (χ4n) is 1.53. The topological polar surface area (TPSA) is 58.6 Å². The number of rotatable bonds is 4. The van der Waals surface area contributed by atoms with Gasteiger partial charge in [0.15, 0.2) is 0 Å². The summed E-state index contributed by atoms with van der Waals surface area (Å²) in [5.74, 6) is 0.125. The van der Waals surface area contributed by atoms with Crippen molar-refractivity contribution in [1.82, 2.24) is 5.32 Å². The number of phenolic OH excluding ortho intramolecular Hbond substituents is 1. The standard InChI is InChI=1S/C13H12BrNO3S/c1-18-8-2-3-11(16)9(6-8)13(17)15-7-12-10(14)4-5-19-12/h2-6,16H,7H2,1H3,(H,15,17). The number of nitrogens with one attached hydrogen (secondary N) is 1. The summed E-state index contributed by atoms with van der Waals surface area (Å²) in [5.41, 5.74) is 0.201. The van der Waals surface area contributed by atoms with Crippen molar-refractivity contribution in [2.75, 3.05) is 7.11 Å². The first kappa shape index (κ1) is 13.9. The maximum Gasteiger partial charge on any atom is 0.255 e. The summed E-state index contributed by atoms with van der Waals surface area (Å²) in [6, 6.07) is 6.47. The second kappa shape index (κ2) is 6.08. The predicted molar refractivity (Wildman–Crippen MR) is 77.8 cm³/mol. The van der Waals surface area contributed by atoms with E-state index in [4.69, 9.17) is 4.74 Å². The number of amides is 1. The smallest absolute Gasteiger partial charge is 0.255 e. The maximum atomic E-state index is 12.0. The van der Waals surface area contributed by atoms with Gasteiger partial charge in [0.05, 0.1) is 19.2 Å². The Balaban J connectivity index is 2.10. The van der Waals surface area contributed by atoms with Gasteiger partial charge in [-0.1, -0.05) is 0 Å². The van der Waals surface area contributed by atoms with E-state index in [-0.39, 0.29) is 17.2 Å². The van der Waals surface area contributed by atoms with Gasteiger partial charge < -0.3 is 15.2 Å². The molecule has 1 aromatic heterocycles. The minimum atomic E-state index is -0.336. The fraction of sp³-hybridized carbons (Fsp3) is 0.154. The van der Waals surface area contributed by atoms with E-state index >= 15 is 0 Å². The largest absolute Gasteiger partial charge is 0.507 e. The Morgan fingerprint density at radius 1 is 1.47 bits per heavy atom. The zero-order chi connectivity index (χ0) is 13.8. The molecule has 6 heteroatoms. The molecule has 0 aliphatic heterocycles. The minimum Gasteiger partial charge on any atom is -0.507 e. The van der Waals surface area contributed by atoms with Gasteiger partial charge in [-0.25, -0.2) is 0 Å². The average molecular weight is 342 g/mol. The van der Waals surface area contributed by atoms with Crippen LogP contribution in [0.1, 0.15) is 15.2 Å². The number of aromatic hydroxyl groups is 1. The predicted octanol–water partition coefficient (Wildman–Crippen LogP) is 3.15. The number of thiophene rings is 1. The monoisotopic (exact) mass is 341 g/mol. The van der Waals surface area contributed by atoms with E-state index in [1.807, 2.05) is 11.4 Å².